The van der Waals surface area contributed by atoms with Gasteiger partial charge < -0.3 is 19.8 Å². The molecular weight excluding hydrogens is 418 g/mol. The van der Waals surface area contributed by atoms with Crippen molar-refractivity contribution in [3.05, 3.63) is 70.3 Å². The number of hydrogen-bond acceptors (Lipinski definition) is 5. The zero-order valence-electron chi connectivity index (χ0n) is 19.0. The monoisotopic (exact) mass is 449 g/mol. The number of ether oxygens (including phenoxy) is 1. The summed E-state index contributed by atoms with van der Waals surface area (Å²) in [6.07, 6.45) is 5.88. The van der Waals surface area contributed by atoms with Crippen LogP contribution in [0.5, 0.6) is 5.75 Å². The summed E-state index contributed by atoms with van der Waals surface area (Å²) < 4.78 is 5.55. The van der Waals surface area contributed by atoms with Crippen LogP contribution in [0.25, 0.3) is 5.76 Å². The maximum atomic E-state index is 13.1. The van der Waals surface area contributed by atoms with E-state index in [1.807, 2.05) is 31.2 Å². The first-order valence-corrected chi connectivity index (χ1v) is 11.8. The number of benzene rings is 2. The largest absolute Gasteiger partial charge is 0.507 e. The molecule has 2 aromatic rings. The lowest BCUT2D eigenvalue weighted by Crippen LogP contribution is -2.30. The zero-order chi connectivity index (χ0) is 23.4. The molecule has 0 spiro atoms. The fourth-order valence-electron chi connectivity index (χ4n) is 4.76. The van der Waals surface area contributed by atoms with Crippen molar-refractivity contribution >= 4 is 17.4 Å². The van der Waals surface area contributed by atoms with Crippen molar-refractivity contribution in [2.24, 2.45) is 0 Å². The van der Waals surface area contributed by atoms with E-state index in [0.29, 0.717) is 23.4 Å². The lowest BCUT2D eigenvalue weighted by molar-refractivity contribution is -0.139. The maximum Gasteiger partial charge on any atom is 0.295 e. The van der Waals surface area contributed by atoms with E-state index in [9.17, 15) is 14.7 Å². The van der Waals surface area contributed by atoms with E-state index in [0.717, 1.165) is 38.5 Å². The smallest absolute Gasteiger partial charge is 0.295 e. The molecule has 1 aliphatic carbocycles. The van der Waals surface area contributed by atoms with Crippen LogP contribution in [-0.4, -0.2) is 46.6 Å². The predicted molar refractivity (Wildman–Crippen MR) is 126 cm³/mol. The van der Waals surface area contributed by atoms with Crippen LogP contribution in [0.15, 0.2) is 48.0 Å². The van der Waals surface area contributed by atoms with Crippen LogP contribution in [0.2, 0.25) is 0 Å². The summed E-state index contributed by atoms with van der Waals surface area (Å²) in [7, 11) is 0. The molecule has 1 atom stereocenters. The molecule has 1 unspecified atom stereocenters. The van der Waals surface area contributed by atoms with Gasteiger partial charge in [-0.15, -0.1) is 0 Å². The minimum atomic E-state index is -0.690. The third-order valence-corrected chi connectivity index (χ3v) is 6.45. The van der Waals surface area contributed by atoms with Crippen LogP contribution in [0.4, 0.5) is 0 Å². The molecule has 4 rings (SSSR count). The number of aliphatic hydroxyl groups is 2. The number of aryl methyl sites for hydroxylation is 2. The number of rotatable bonds is 8. The Hall–Kier alpha value is -3.12. The third-order valence-electron chi connectivity index (χ3n) is 6.45. The molecule has 0 saturated carbocycles. The molecule has 0 bridgehead atoms. The number of Topliss-reactive ketones (excluding diaryl/α,β-unsaturated/α-hetero) is 1. The van der Waals surface area contributed by atoms with Crippen LogP contribution in [-0.2, 0) is 22.4 Å². The van der Waals surface area contributed by atoms with Crippen LogP contribution >= 0.6 is 0 Å². The average Bonchev–Trinajstić information content (AvgIpc) is 3.10. The number of aliphatic hydroxyl groups excluding tert-OH is 2. The zero-order valence-corrected chi connectivity index (χ0v) is 19.0. The van der Waals surface area contributed by atoms with Crippen molar-refractivity contribution in [2.45, 2.75) is 51.5 Å². The summed E-state index contributed by atoms with van der Waals surface area (Å²) in [4.78, 5) is 27.7. The second-order valence-electron chi connectivity index (χ2n) is 8.68. The first kappa shape index (κ1) is 23.1. The van der Waals surface area contributed by atoms with Gasteiger partial charge in [0.1, 0.15) is 18.1 Å². The maximum absolute atomic E-state index is 13.1. The van der Waals surface area contributed by atoms with Gasteiger partial charge in [-0.05, 0) is 67.0 Å². The van der Waals surface area contributed by atoms with Gasteiger partial charge in [-0.25, -0.2) is 0 Å². The number of nitrogens with zero attached hydrogens (tertiary/aromatic N) is 1. The first-order chi connectivity index (χ1) is 16.0. The Balaban J connectivity index is 1.80. The highest BCUT2D eigenvalue weighted by molar-refractivity contribution is 6.46. The quantitative estimate of drug-likeness (QED) is 0.359. The van der Waals surface area contributed by atoms with E-state index in [-0.39, 0.29) is 24.5 Å². The number of hydrogen-bond donors (Lipinski definition) is 2. The summed E-state index contributed by atoms with van der Waals surface area (Å²) in [6, 6.07) is 12.3. The van der Waals surface area contributed by atoms with Crippen molar-refractivity contribution < 1.29 is 24.5 Å². The van der Waals surface area contributed by atoms with Crippen molar-refractivity contribution in [2.75, 3.05) is 19.8 Å². The Kier molecular flexibility index (Phi) is 7.14. The van der Waals surface area contributed by atoms with E-state index in [1.54, 1.807) is 23.1 Å². The number of carbonyl (C=O) groups is 2. The van der Waals surface area contributed by atoms with Gasteiger partial charge in [-0.3, -0.25) is 9.59 Å². The van der Waals surface area contributed by atoms with Gasteiger partial charge in [0.05, 0.1) is 18.2 Å². The summed E-state index contributed by atoms with van der Waals surface area (Å²) in [6.45, 7) is 2.49. The molecule has 174 valence electrons. The number of amides is 1. The molecule has 2 aliphatic rings. The number of fused-ring (bicyclic) bond motifs is 1. The topological polar surface area (TPSA) is 87.1 Å². The normalized spacial score (nSPS) is 19.6. The Morgan fingerprint density at radius 3 is 2.64 bits per heavy atom. The molecule has 1 amide bonds. The Morgan fingerprint density at radius 1 is 1.09 bits per heavy atom. The molecule has 2 N–H and O–H groups in total. The van der Waals surface area contributed by atoms with Crippen LogP contribution in [0, 0.1) is 0 Å². The SMILES string of the molecule is CCCCN1C(=O)C(=O)/C(=C(\O)c2ccc3c(c2)CCCC3)C1c1cccc(OCCO)c1. The van der Waals surface area contributed by atoms with E-state index >= 15 is 0 Å². The van der Waals surface area contributed by atoms with E-state index in [1.165, 1.54) is 11.1 Å². The number of likely N-dealkylation sites (tertiary alicyclic amines) is 1. The second kappa shape index (κ2) is 10.2. The molecule has 1 saturated heterocycles. The van der Waals surface area contributed by atoms with Crippen molar-refractivity contribution in [3.8, 4) is 5.75 Å². The number of ketones is 1. The summed E-state index contributed by atoms with van der Waals surface area (Å²) >= 11 is 0. The van der Waals surface area contributed by atoms with E-state index in [4.69, 9.17) is 9.84 Å². The first-order valence-electron chi connectivity index (χ1n) is 11.8. The molecule has 6 nitrogen and oxygen atoms in total. The molecule has 1 aliphatic heterocycles. The molecule has 0 radical (unpaired) electrons. The van der Waals surface area contributed by atoms with Crippen molar-refractivity contribution in [1.82, 2.24) is 4.90 Å². The highest BCUT2D eigenvalue weighted by Gasteiger charge is 2.45. The van der Waals surface area contributed by atoms with Gasteiger partial charge in [-0.1, -0.05) is 37.6 Å². The van der Waals surface area contributed by atoms with Gasteiger partial charge in [-0.2, -0.15) is 0 Å². The molecular formula is C27H31NO5. The predicted octanol–water partition coefficient (Wildman–Crippen LogP) is 4.16. The van der Waals surface area contributed by atoms with Gasteiger partial charge in [0, 0.05) is 12.1 Å². The molecule has 2 aromatic carbocycles. The van der Waals surface area contributed by atoms with E-state index < -0.39 is 17.7 Å². The highest BCUT2D eigenvalue weighted by Crippen LogP contribution is 2.40. The van der Waals surface area contributed by atoms with Gasteiger partial charge in [0.15, 0.2) is 0 Å². The molecule has 33 heavy (non-hydrogen) atoms. The number of unbranched alkanes of at least 4 members (excludes halogenated alkanes) is 1. The van der Waals surface area contributed by atoms with Gasteiger partial charge in [0.2, 0.25) is 0 Å². The van der Waals surface area contributed by atoms with E-state index in [2.05, 4.69) is 0 Å². The number of carbonyl (C=O) groups excluding carboxylic acids is 2. The Bertz CT molecular complexity index is 1070. The third kappa shape index (κ3) is 4.67. The standard InChI is InChI=1S/C27H31NO5/c1-2-3-13-28-24(20-9-6-10-22(17-20)33-15-14-29)23(26(31)27(28)32)25(30)21-12-11-18-7-4-5-8-19(18)16-21/h6,9-12,16-17,24,29-30H,2-5,7-8,13-15H2,1H3/b25-23-. The molecule has 0 aromatic heterocycles. The van der Waals surface area contributed by atoms with Gasteiger partial charge in [0.25, 0.3) is 11.7 Å². The fraction of sp³-hybridized carbons (Fsp3) is 0.407. The summed E-state index contributed by atoms with van der Waals surface area (Å²) in [5.74, 6) is -0.841. The van der Waals surface area contributed by atoms with Crippen LogP contribution in [0.3, 0.4) is 0 Å². The second-order valence-corrected chi connectivity index (χ2v) is 8.68. The Labute approximate surface area is 194 Å². The Morgan fingerprint density at radius 2 is 1.88 bits per heavy atom. The van der Waals surface area contributed by atoms with Gasteiger partial charge >= 0.3 is 0 Å². The molecule has 1 heterocycles. The van der Waals surface area contributed by atoms with Crippen LogP contribution in [0.1, 0.15) is 60.9 Å². The van der Waals surface area contributed by atoms with Crippen LogP contribution < -0.4 is 4.74 Å². The average molecular weight is 450 g/mol. The summed E-state index contributed by atoms with van der Waals surface area (Å²) in [5.41, 5.74) is 3.86. The fourth-order valence-corrected chi connectivity index (χ4v) is 4.76. The lowest BCUT2D eigenvalue weighted by Gasteiger charge is -2.25. The lowest BCUT2D eigenvalue weighted by atomic mass is 9.88. The molecule has 6 heteroatoms. The van der Waals surface area contributed by atoms with Crippen molar-refractivity contribution in [3.63, 3.8) is 0 Å². The minimum absolute atomic E-state index is 0.114. The minimum Gasteiger partial charge on any atom is -0.507 e. The highest BCUT2D eigenvalue weighted by atomic mass is 16.5. The summed E-state index contributed by atoms with van der Waals surface area (Å²) in [5, 5.41) is 20.4. The molecule has 1 fully saturated rings. The van der Waals surface area contributed by atoms with Crippen molar-refractivity contribution in [1.29, 1.82) is 0 Å².